The Balaban J connectivity index is 2.32. The van der Waals surface area contributed by atoms with Gasteiger partial charge in [-0.1, -0.05) is 45.7 Å². The lowest BCUT2D eigenvalue weighted by Gasteiger charge is -2.35. The van der Waals surface area contributed by atoms with E-state index in [4.69, 9.17) is 11.6 Å². The Labute approximate surface area is 154 Å². The lowest BCUT2D eigenvalue weighted by atomic mass is 10.1. The number of halogens is 2. The van der Waals surface area contributed by atoms with Gasteiger partial charge in [0.1, 0.15) is 0 Å². The van der Waals surface area contributed by atoms with Gasteiger partial charge in [0.2, 0.25) is 0 Å². The van der Waals surface area contributed by atoms with Crippen LogP contribution in [0.5, 0.6) is 0 Å². The summed E-state index contributed by atoms with van der Waals surface area (Å²) in [5, 5.41) is 1.62. The Kier molecular flexibility index (Phi) is 5.67. The van der Waals surface area contributed by atoms with E-state index in [0.717, 1.165) is 4.47 Å². The van der Waals surface area contributed by atoms with Crippen molar-refractivity contribution in [3.8, 4) is 0 Å². The summed E-state index contributed by atoms with van der Waals surface area (Å²) in [7, 11) is 0. The minimum Gasteiger partial charge on any atom is -0.267 e. The van der Waals surface area contributed by atoms with Gasteiger partial charge in [-0.3, -0.25) is 15.0 Å². The van der Waals surface area contributed by atoms with Gasteiger partial charge < -0.3 is 0 Å². The summed E-state index contributed by atoms with van der Waals surface area (Å²) in [6, 6.07) is 13.7. The maximum atomic E-state index is 12.9. The van der Waals surface area contributed by atoms with Crippen molar-refractivity contribution in [2.75, 3.05) is 0 Å². The van der Waals surface area contributed by atoms with Crippen LogP contribution in [0, 0.1) is 0 Å². The summed E-state index contributed by atoms with van der Waals surface area (Å²) in [5.41, 5.74) is 2.86. The van der Waals surface area contributed by atoms with Crippen LogP contribution in [0.3, 0.4) is 0 Å². The molecule has 0 radical (unpaired) electrons. The van der Waals surface area contributed by atoms with E-state index >= 15 is 0 Å². The molecule has 0 aliphatic carbocycles. The molecule has 1 N–H and O–H groups in total. The predicted molar refractivity (Wildman–Crippen MR) is 99.0 cm³/mol. The number of nitrogens with one attached hydrogen (secondary N) is 1. The fourth-order valence-corrected chi connectivity index (χ4v) is 2.82. The summed E-state index contributed by atoms with van der Waals surface area (Å²) in [6.07, 6.45) is 0. The molecule has 0 fully saturated rings. The fraction of sp³-hybridized carbons (Fsp3) is 0.222. The van der Waals surface area contributed by atoms with Gasteiger partial charge in [0.15, 0.2) is 0 Å². The fourth-order valence-electron chi connectivity index (χ4n) is 2.06. The van der Waals surface area contributed by atoms with E-state index < -0.39 is 5.54 Å². The molecule has 2 aromatic carbocycles. The smallest absolute Gasteiger partial charge is 0.267 e. The Bertz CT molecular complexity index is 757. The molecule has 0 spiro atoms. The summed E-state index contributed by atoms with van der Waals surface area (Å²) < 4.78 is 0.777. The quantitative estimate of drug-likeness (QED) is 0.732. The third kappa shape index (κ3) is 4.36. The highest BCUT2D eigenvalue weighted by atomic mass is 79.9. The zero-order valence-corrected chi connectivity index (χ0v) is 16.0. The lowest BCUT2D eigenvalue weighted by molar-refractivity contribution is 0.0359. The molecular weight excluding hydrogens is 392 g/mol. The zero-order chi connectivity index (χ0) is 17.9. The van der Waals surface area contributed by atoms with E-state index in [2.05, 4.69) is 21.4 Å². The van der Waals surface area contributed by atoms with Crippen molar-refractivity contribution in [2.45, 2.75) is 26.3 Å². The van der Waals surface area contributed by atoms with E-state index in [0.29, 0.717) is 16.1 Å². The predicted octanol–water partition coefficient (Wildman–Crippen LogP) is 4.69. The second kappa shape index (κ2) is 7.36. The van der Waals surface area contributed by atoms with E-state index in [9.17, 15) is 9.59 Å². The van der Waals surface area contributed by atoms with Crippen molar-refractivity contribution < 1.29 is 9.59 Å². The molecule has 0 aliphatic heterocycles. The molecule has 2 aromatic rings. The van der Waals surface area contributed by atoms with Crippen molar-refractivity contribution in [3.05, 3.63) is 69.2 Å². The molecule has 0 unspecified atom stereocenters. The third-order valence-corrected chi connectivity index (χ3v) is 4.09. The monoisotopic (exact) mass is 408 g/mol. The minimum absolute atomic E-state index is 0.317. The first-order chi connectivity index (χ1) is 11.2. The molecule has 0 saturated heterocycles. The Morgan fingerprint density at radius 2 is 1.71 bits per heavy atom. The highest BCUT2D eigenvalue weighted by Gasteiger charge is 2.30. The number of benzene rings is 2. The molecule has 24 heavy (non-hydrogen) atoms. The van der Waals surface area contributed by atoms with Crippen LogP contribution in [0.4, 0.5) is 0 Å². The summed E-state index contributed by atoms with van der Waals surface area (Å²) >= 11 is 9.50. The molecule has 2 rings (SSSR count). The van der Waals surface area contributed by atoms with Gasteiger partial charge >= 0.3 is 0 Å². The molecule has 0 heterocycles. The second-order valence-electron chi connectivity index (χ2n) is 6.24. The zero-order valence-electron chi connectivity index (χ0n) is 13.6. The van der Waals surface area contributed by atoms with Gasteiger partial charge in [0, 0.05) is 10.0 Å². The third-order valence-electron chi connectivity index (χ3n) is 3.28. The molecule has 0 saturated carbocycles. The number of carbonyl (C=O) groups is 2. The van der Waals surface area contributed by atoms with Crippen molar-refractivity contribution in [2.24, 2.45) is 0 Å². The summed E-state index contributed by atoms with van der Waals surface area (Å²) in [6.45, 7) is 5.51. The molecule has 0 atom stereocenters. The normalized spacial score (nSPS) is 11.0. The number of hydrazine groups is 1. The van der Waals surface area contributed by atoms with Crippen molar-refractivity contribution in [1.29, 1.82) is 0 Å². The van der Waals surface area contributed by atoms with Gasteiger partial charge in [0.05, 0.1) is 16.1 Å². The van der Waals surface area contributed by atoms with E-state index in [-0.39, 0.29) is 11.8 Å². The number of rotatable bonds is 2. The van der Waals surface area contributed by atoms with E-state index in [1.807, 2.05) is 26.8 Å². The lowest BCUT2D eigenvalue weighted by Crippen LogP contribution is -2.55. The number of hydrogen-bond acceptors (Lipinski definition) is 2. The number of amides is 2. The van der Waals surface area contributed by atoms with Gasteiger partial charge in [0.25, 0.3) is 11.8 Å². The highest BCUT2D eigenvalue weighted by Crippen LogP contribution is 2.24. The summed E-state index contributed by atoms with van der Waals surface area (Å²) in [5.74, 6) is -0.726. The highest BCUT2D eigenvalue weighted by molar-refractivity contribution is 9.10. The van der Waals surface area contributed by atoms with Crippen molar-refractivity contribution >= 4 is 39.3 Å². The van der Waals surface area contributed by atoms with Crippen LogP contribution >= 0.6 is 27.5 Å². The van der Waals surface area contributed by atoms with Gasteiger partial charge in [-0.2, -0.15) is 0 Å². The van der Waals surface area contributed by atoms with Crippen LogP contribution < -0.4 is 5.43 Å². The van der Waals surface area contributed by atoms with Crippen LogP contribution in [0.2, 0.25) is 5.02 Å². The van der Waals surface area contributed by atoms with Gasteiger partial charge in [-0.25, -0.2) is 5.01 Å². The summed E-state index contributed by atoms with van der Waals surface area (Å²) in [4.78, 5) is 25.3. The Hall–Kier alpha value is -1.85. The Morgan fingerprint density at radius 3 is 2.25 bits per heavy atom. The van der Waals surface area contributed by atoms with Gasteiger partial charge in [-0.15, -0.1) is 0 Å². The van der Waals surface area contributed by atoms with Crippen LogP contribution in [0.25, 0.3) is 0 Å². The standard InChI is InChI=1S/C18H18BrClN2O2/c1-18(2,3)22(21-16(23)12-7-5-4-6-8-12)17(24)14-10-9-13(19)11-15(14)20/h4-11H,1-3H3,(H,21,23). The van der Waals surface area contributed by atoms with Crippen LogP contribution in [-0.2, 0) is 0 Å². The van der Waals surface area contributed by atoms with Crippen LogP contribution in [0.15, 0.2) is 53.0 Å². The largest absolute Gasteiger partial charge is 0.274 e. The first kappa shape index (κ1) is 18.5. The molecule has 0 aliphatic rings. The average Bonchev–Trinajstić information content (AvgIpc) is 2.51. The topological polar surface area (TPSA) is 49.4 Å². The molecular formula is C18H18BrClN2O2. The van der Waals surface area contributed by atoms with Crippen molar-refractivity contribution in [1.82, 2.24) is 10.4 Å². The average molecular weight is 410 g/mol. The second-order valence-corrected chi connectivity index (χ2v) is 7.57. The first-order valence-corrected chi connectivity index (χ1v) is 8.53. The molecule has 6 heteroatoms. The van der Waals surface area contributed by atoms with Crippen molar-refractivity contribution in [3.63, 3.8) is 0 Å². The SMILES string of the molecule is CC(C)(C)N(NC(=O)c1ccccc1)C(=O)c1ccc(Br)cc1Cl. The molecule has 126 valence electrons. The van der Waals surface area contributed by atoms with Gasteiger partial charge in [-0.05, 0) is 51.1 Å². The van der Waals surface area contributed by atoms with Crippen LogP contribution in [0.1, 0.15) is 41.5 Å². The number of carbonyl (C=O) groups excluding carboxylic acids is 2. The van der Waals surface area contributed by atoms with Crippen LogP contribution in [-0.4, -0.2) is 22.4 Å². The number of nitrogens with zero attached hydrogens (tertiary/aromatic N) is 1. The minimum atomic E-state index is -0.627. The molecule has 0 aromatic heterocycles. The molecule has 0 bridgehead atoms. The first-order valence-electron chi connectivity index (χ1n) is 7.36. The molecule has 4 nitrogen and oxygen atoms in total. The van der Waals surface area contributed by atoms with E-state index in [1.165, 1.54) is 5.01 Å². The molecule has 2 amide bonds. The maximum absolute atomic E-state index is 12.9. The maximum Gasteiger partial charge on any atom is 0.274 e. The van der Waals surface area contributed by atoms with E-state index in [1.54, 1.807) is 42.5 Å². The Morgan fingerprint density at radius 1 is 1.08 bits per heavy atom. The number of hydrogen-bond donors (Lipinski definition) is 1.